The van der Waals surface area contributed by atoms with Crippen LogP contribution in [-0.4, -0.2) is 15.8 Å². The fourth-order valence-corrected chi connectivity index (χ4v) is 3.58. The summed E-state index contributed by atoms with van der Waals surface area (Å²) in [4.78, 5) is 20.9. The molecule has 3 rings (SSSR count). The van der Waals surface area contributed by atoms with Crippen LogP contribution in [0.25, 0.3) is 6.08 Å². The molecule has 3 heterocycles. The molecule has 0 bridgehead atoms. The zero-order chi connectivity index (χ0) is 15.9. The average molecular weight is 340 g/mol. The van der Waals surface area contributed by atoms with Gasteiger partial charge in [-0.1, -0.05) is 18.2 Å². The zero-order valence-electron chi connectivity index (χ0n) is 12.5. The molecule has 0 unspecified atom stereocenters. The summed E-state index contributed by atoms with van der Waals surface area (Å²) in [5.74, 6) is 0.00986. The highest BCUT2D eigenvalue weighted by atomic mass is 32.1. The van der Waals surface area contributed by atoms with Crippen molar-refractivity contribution in [2.45, 2.75) is 13.1 Å². The van der Waals surface area contributed by atoms with Crippen molar-refractivity contribution in [1.82, 2.24) is 9.88 Å². The smallest absolute Gasteiger partial charge is 0.247 e. The van der Waals surface area contributed by atoms with Crippen molar-refractivity contribution in [3.05, 3.63) is 80.9 Å². The van der Waals surface area contributed by atoms with Gasteiger partial charge in [-0.25, -0.2) is 0 Å². The van der Waals surface area contributed by atoms with Crippen LogP contribution in [-0.2, 0) is 17.9 Å². The summed E-state index contributed by atoms with van der Waals surface area (Å²) < 4.78 is 0. The standard InChI is InChI=1S/C18H16N2OS2/c21-18(8-7-15-4-1-9-19-12-15)20(13-16-5-2-10-22-16)14-17-6-3-11-23-17/h1-12H,13-14H2/b8-7+. The van der Waals surface area contributed by atoms with Crippen LogP contribution in [0.15, 0.2) is 65.6 Å². The maximum Gasteiger partial charge on any atom is 0.247 e. The number of rotatable bonds is 6. The third-order valence-corrected chi connectivity index (χ3v) is 4.99. The number of nitrogens with zero attached hydrogens (tertiary/aromatic N) is 2. The lowest BCUT2D eigenvalue weighted by Crippen LogP contribution is -2.27. The minimum absolute atomic E-state index is 0.00986. The summed E-state index contributed by atoms with van der Waals surface area (Å²) in [6, 6.07) is 11.9. The number of hydrogen-bond acceptors (Lipinski definition) is 4. The predicted molar refractivity (Wildman–Crippen MR) is 96.2 cm³/mol. The molecule has 116 valence electrons. The number of aromatic nitrogens is 1. The molecule has 0 saturated carbocycles. The number of carbonyl (C=O) groups excluding carboxylic acids is 1. The highest BCUT2D eigenvalue weighted by molar-refractivity contribution is 7.10. The van der Waals surface area contributed by atoms with Crippen LogP contribution in [0.2, 0.25) is 0 Å². The molecule has 0 aliphatic rings. The summed E-state index contributed by atoms with van der Waals surface area (Å²) in [6.07, 6.45) is 6.90. The van der Waals surface area contributed by atoms with E-state index in [0.29, 0.717) is 13.1 Å². The van der Waals surface area contributed by atoms with E-state index in [1.165, 1.54) is 9.75 Å². The van der Waals surface area contributed by atoms with E-state index in [2.05, 4.69) is 17.1 Å². The lowest BCUT2D eigenvalue weighted by molar-refractivity contribution is -0.127. The Balaban J connectivity index is 1.73. The van der Waals surface area contributed by atoms with Crippen molar-refractivity contribution in [2.24, 2.45) is 0 Å². The first-order valence-electron chi connectivity index (χ1n) is 7.23. The molecule has 0 saturated heterocycles. The Morgan fingerprint density at radius 1 is 1.04 bits per heavy atom. The maximum absolute atomic E-state index is 12.6. The Hall–Kier alpha value is -2.24. The summed E-state index contributed by atoms with van der Waals surface area (Å²) in [5, 5.41) is 4.07. The van der Waals surface area contributed by atoms with Crippen LogP contribution in [0.1, 0.15) is 15.3 Å². The first-order valence-corrected chi connectivity index (χ1v) is 8.99. The van der Waals surface area contributed by atoms with E-state index in [1.807, 2.05) is 46.0 Å². The van der Waals surface area contributed by atoms with Crippen molar-refractivity contribution >= 4 is 34.7 Å². The van der Waals surface area contributed by atoms with Crippen LogP contribution < -0.4 is 0 Å². The summed E-state index contributed by atoms with van der Waals surface area (Å²) in [6.45, 7) is 1.26. The Morgan fingerprint density at radius 2 is 1.74 bits per heavy atom. The molecule has 0 atom stereocenters. The van der Waals surface area contributed by atoms with E-state index >= 15 is 0 Å². The van der Waals surface area contributed by atoms with Crippen molar-refractivity contribution < 1.29 is 4.79 Å². The number of pyridine rings is 1. The molecule has 3 aromatic rings. The van der Waals surface area contributed by atoms with Gasteiger partial charge >= 0.3 is 0 Å². The molecule has 0 radical (unpaired) electrons. The van der Waals surface area contributed by atoms with E-state index < -0.39 is 0 Å². The molecule has 23 heavy (non-hydrogen) atoms. The van der Waals surface area contributed by atoms with Gasteiger partial charge in [0.1, 0.15) is 0 Å². The third kappa shape index (κ3) is 4.61. The maximum atomic E-state index is 12.6. The van der Waals surface area contributed by atoms with Gasteiger partial charge in [0.05, 0.1) is 13.1 Å². The Morgan fingerprint density at radius 3 is 2.26 bits per heavy atom. The average Bonchev–Trinajstić information content (AvgIpc) is 3.27. The molecule has 0 aromatic carbocycles. The monoisotopic (exact) mass is 340 g/mol. The Labute approximate surface area is 143 Å². The van der Waals surface area contributed by atoms with Crippen LogP contribution in [0.4, 0.5) is 0 Å². The summed E-state index contributed by atoms with van der Waals surface area (Å²) in [5.41, 5.74) is 0.924. The van der Waals surface area contributed by atoms with Crippen LogP contribution >= 0.6 is 22.7 Å². The molecule has 0 aliphatic carbocycles. The Kier molecular flexibility index (Phi) is 5.34. The first-order chi connectivity index (χ1) is 11.3. The third-order valence-electron chi connectivity index (χ3n) is 3.27. The largest absolute Gasteiger partial charge is 0.329 e. The van der Waals surface area contributed by atoms with Crippen molar-refractivity contribution in [3.63, 3.8) is 0 Å². The van der Waals surface area contributed by atoms with Crippen LogP contribution in [0.3, 0.4) is 0 Å². The minimum atomic E-state index is 0.00986. The highest BCUT2D eigenvalue weighted by Gasteiger charge is 2.13. The highest BCUT2D eigenvalue weighted by Crippen LogP contribution is 2.17. The van der Waals surface area contributed by atoms with Crippen molar-refractivity contribution in [1.29, 1.82) is 0 Å². The van der Waals surface area contributed by atoms with Gasteiger partial charge in [0.2, 0.25) is 5.91 Å². The summed E-state index contributed by atoms with van der Waals surface area (Å²) >= 11 is 3.34. The zero-order valence-corrected chi connectivity index (χ0v) is 14.1. The number of carbonyl (C=O) groups is 1. The van der Waals surface area contributed by atoms with Crippen LogP contribution in [0.5, 0.6) is 0 Å². The minimum Gasteiger partial charge on any atom is -0.329 e. The lowest BCUT2D eigenvalue weighted by Gasteiger charge is -2.19. The van der Waals surface area contributed by atoms with Gasteiger partial charge < -0.3 is 4.90 Å². The van der Waals surface area contributed by atoms with Gasteiger partial charge in [0, 0.05) is 28.2 Å². The fraction of sp³-hybridized carbons (Fsp3) is 0.111. The van der Waals surface area contributed by atoms with Gasteiger partial charge in [-0.15, -0.1) is 22.7 Å². The SMILES string of the molecule is O=C(/C=C/c1cccnc1)N(Cc1cccs1)Cc1cccs1. The van der Waals surface area contributed by atoms with Crippen molar-refractivity contribution in [2.75, 3.05) is 0 Å². The van der Waals surface area contributed by atoms with Gasteiger partial charge in [-0.05, 0) is 40.6 Å². The molecule has 0 aliphatic heterocycles. The van der Waals surface area contributed by atoms with E-state index in [1.54, 1.807) is 41.1 Å². The van der Waals surface area contributed by atoms with E-state index in [4.69, 9.17) is 0 Å². The summed E-state index contributed by atoms with van der Waals surface area (Å²) in [7, 11) is 0. The van der Waals surface area contributed by atoms with Gasteiger partial charge in [-0.3, -0.25) is 9.78 Å². The molecule has 0 fully saturated rings. The molecule has 1 amide bonds. The Bertz CT molecular complexity index is 713. The molecule has 0 spiro atoms. The van der Waals surface area contributed by atoms with E-state index in [9.17, 15) is 4.79 Å². The van der Waals surface area contributed by atoms with E-state index in [0.717, 1.165) is 5.56 Å². The first kappa shape index (κ1) is 15.6. The number of thiophene rings is 2. The number of hydrogen-bond donors (Lipinski definition) is 0. The molecular formula is C18H16N2OS2. The van der Waals surface area contributed by atoms with Gasteiger partial charge in [0.25, 0.3) is 0 Å². The molecule has 3 nitrogen and oxygen atoms in total. The lowest BCUT2D eigenvalue weighted by atomic mass is 10.2. The number of amides is 1. The van der Waals surface area contributed by atoms with Gasteiger partial charge in [-0.2, -0.15) is 0 Å². The second-order valence-corrected chi connectivity index (χ2v) is 7.04. The molecule has 3 aromatic heterocycles. The quantitative estimate of drug-likeness (QED) is 0.621. The molecule has 5 heteroatoms. The van der Waals surface area contributed by atoms with E-state index in [-0.39, 0.29) is 5.91 Å². The van der Waals surface area contributed by atoms with Crippen molar-refractivity contribution in [3.8, 4) is 0 Å². The predicted octanol–water partition coefficient (Wildman–Crippen LogP) is 4.45. The fourth-order valence-electron chi connectivity index (χ4n) is 2.14. The normalized spacial score (nSPS) is 11.0. The topological polar surface area (TPSA) is 33.2 Å². The molecular weight excluding hydrogens is 324 g/mol. The second kappa shape index (κ2) is 7.85. The van der Waals surface area contributed by atoms with Gasteiger partial charge in [0.15, 0.2) is 0 Å². The van der Waals surface area contributed by atoms with Crippen LogP contribution in [0, 0.1) is 0 Å². The second-order valence-electron chi connectivity index (χ2n) is 4.97. The molecule has 0 N–H and O–H groups in total.